The van der Waals surface area contributed by atoms with Crippen LogP contribution in [0.3, 0.4) is 0 Å². The summed E-state index contributed by atoms with van der Waals surface area (Å²) in [5.74, 6) is 0.573. The molecule has 1 heterocycles. The van der Waals surface area contributed by atoms with Gasteiger partial charge in [0, 0.05) is 17.3 Å². The smallest absolute Gasteiger partial charge is 0.0538 e. The summed E-state index contributed by atoms with van der Waals surface area (Å²) in [6, 6.07) is 0.203. The van der Waals surface area contributed by atoms with Gasteiger partial charge in [-0.3, -0.25) is 5.10 Å². The molecule has 0 saturated heterocycles. The molecule has 0 aromatic carbocycles. The van der Waals surface area contributed by atoms with E-state index in [0.29, 0.717) is 5.92 Å². The Morgan fingerprint density at radius 1 is 1.80 bits per heavy atom. The number of fused-ring (bicyclic) bond motifs is 1. The largest absolute Gasteiger partial charge is 0.324 e. The van der Waals surface area contributed by atoms with Crippen LogP contribution in [0.4, 0.5) is 0 Å². The van der Waals surface area contributed by atoms with Crippen LogP contribution < -0.4 is 5.73 Å². The van der Waals surface area contributed by atoms with Crippen molar-refractivity contribution in [3.8, 4) is 0 Å². The van der Waals surface area contributed by atoms with E-state index in [0.717, 1.165) is 6.42 Å². The molecule has 1 aromatic rings. The van der Waals surface area contributed by atoms with Crippen LogP contribution in [0, 0.1) is 5.92 Å². The lowest BCUT2D eigenvalue weighted by atomic mass is 10.1. The molecule has 0 amide bonds. The number of nitrogens with two attached hydrogens (primary N) is 1. The van der Waals surface area contributed by atoms with Gasteiger partial charge in [0.25, 0.3) is 0 Å². The van der Waals surface area contributed by atoms with Crippen LogP contribution in [0.15, 0.2) is 6.20 Å². The van der Waals surface area contributed by atoms with Crippen molar-refractivity contribution < 1.29 is 0 Å². The molecule has 0 fully saturated rings. The van der Waals surface area contributed by atoms with E-state index in [1.165, 1.54) is 11.3 Å². The van der Waals surface area contributed by atoms with Crippen molar-refractivity contribution >= 4 is 0 Å². The number of nitrogens with one attached hydrogen (secondary N) is 1. The van der Waals surface area contributed by atoms with Crippen LogP contribution in [-0.2, 0) is 6.42 Å². The van der Waals surface area contributed by atoms with Crippen molar-refractivity contribution in [1.82, 2.24) is 10.2 Å². The lowest BCUT2D eigenvalue weighted by Crippen LogP contribution is -2.13. The highest BCUT2D eigenvalue weighted by atomic mass is 15.1. The van der Waals surface area contributed by atoms with Crippen molar-refractivity contribution in [3.05, 3.63) is 17.5 Å². The molecule has 0 aliphatic heterocycles. The Hall–Kier alpha value is -0.830. The molecule has 1 aromatic heterocycles. The first kappa shape index (κ1) is 5.92. The third-order valence-corrected chi connectivity index (χ3v) is 2.25. The fraction of sp³-hybridized carbons (Fsp3) is 0.571. The fourth-order valence-electron chi connectivity index (χ4n) is 1.53. The number of H-pyrrole nitrogens is 1. The highest BCUT2D eigenvalue weighted by Gasteiger charge is 2.27. The first-order chi connectivity index (χ1) is 4.79. The maximum atomic E-state index is 5.87. The van der Waals surface area contributed by atoms with Gasteiger partial charge >= 0.3 is 0 Å². The van der Waals surface area contributed by atoms with Crippen molar-refractivity contribution in [1.29, 1.82) is 0 Å². The normalized spacial score (nSPS) is 30.6. The number of nitrogens with zero attached hydrogens (tertiary/aromatic N) is 1. The quantitative estimate of drug-likeness (QED) is 0.550. The number of hydrogen-bond donors (Lipinski definition) is 2. The van der Waals surface area contributed by atoms with Crippen LogP contribution in [0.25, 0.3) is 0 Å². The molecule has 3 heteroatoms. The lowest BCUT2D eigenvalue weighted by Gasteiger charge is -2.07. The molecule has 1 aliphatic rings. The second kappa shape index (κ2) is 1.83. The van der Waals surface area contributed by atoms with Gasteiger partial charge in [-0.25, -0.2) is 0 Å². The van der Waals surface area contributed by atoms with Gasteiger partial charge < -0.3 is 5.73 Å². The second-order valence-electron chi connectivity index (χ2n) is 3.01. The number of rotatable bonds is 0. The standard InChI is InChI=1S/C7H11N3/c1-4-2-6-5(7(4)8)3-9-10-6/h3-4,7H,2,8H2,1H3,(H,9,10). The molecular weight excluding hydrogens is 126 g/mol. The van der Waals surface area contributed by atoms with Crippen molar-refractivity contribution in [2.24, 2.45) is 11.7 Å². The summed E-state index contributed by atoms with van der Waals surface area (Å²) in [6.45, 7) is 2.17. The monoisotopic (exact) mass is 137 g/mol. The highest BCUT2D eigenvalue weighted by Crippen LogP contribution is 2.31. The predicted molar refractivity (Wildman–Crippen MR) is 38.4 cm³/mol. The second-order valence-corrected chi connectivity index (χ2v) is 3.01. The first-order valence-corrected chi connectivity index (χ1v) is 3.56. The molecule has 10 heavy (non-hydrogen) atoms. The van der Waals surface area contributed by atoms with E-state index in [-0.39, 0.29) is 6.04 Å². The number of hydrogen-bond acceptors (Lipinski definition) is 2. The van der Waals surface area contributed by atoms with Crippen LogP contribution >= 0.6 is 0 Å². The molecule has 3 nitrogen and oxygen atoms in total. The van der Waals surface area contributed by atoms with E-state index >= 15 is 0 Å². The van der Waals surface area contributed by atoms with Crippen molar-refractivity contribution in [3.63, 3.8) is 0 Å². The van der Waals surface area contributed by atoms with Gasteiger partial charge in [0.1, 0.15) is 0 Å². The summed E-state index contributed by atoms with van der Waals surface area (Å²) < 4.78 is 0. The molecule has 0 bridgehead atoms. The number of aromatic amines is 1. The minimum Gasteiger partial charge on any atom is -0.324 e. The molecule has 2 unspecified atom stereocenters. The Balaban J connectivity index is 2.43. The van der Waals surface area contributed by atoms with Crippen LogP contribution in [0.2, 0.25) is 0 Å². The maximum Gasteiger partial charge on any atom is 0.0538 e. The highest BCUT2D eigenvalue weighted by molar-refractivity contribution is 5.26. The van der Waals surface area contributed by atoms with Crippen LogP contribution in [0.5, 0.6) is 0 Å². The molecule has 1 aliphatic carbocycles. The Morgan fingerprint density at radius 3 is 3.30 bits per heavy atom. The third-order valence-electron chi connectivity index (χ3n) is 2.25. The maximum absolute atomic E-state index is 5.87. The molecule has 0 spiro atoms. The summed E-state index contributed by atoms with van der Waals surface area (Å²) in [7, 11) is 0. The van der Waals surface area contributed by atoms with Gasteiger partial charge in [0.15, 0.2) is 0 Å². The Morgan fingerprint density at radius 2 is 2.60 bits per heavy atom. The molecule has 3 N–H and O–H groups in total. The van der Waals surface area contributed by atoms with E-state index in [2.05, 4.69) is 17.1 Å². The zero-order chi connectivity index (χ0) is 7.14. The van der Waals surface area contributed by atoms with Gasteiger partial charge in [-0.1, -0.05) is 6.92 Å². The topological polar surface area (TPSA) is 54.7 Å². The summed E-state index contributed by atoms with van der Waals surface area (Å²) >= 11 is 0. The van der Waals surface area contributed by atoms with E-state index in [9.17, 15) is 0 Å². The first-order valence-electron chi connectivity index (χ1n) is 3.56. The van der Waals surface area contributed by atoms with E-state index in [1.807, 2.05) is 6.20 Å². The molecule has 0 saturated carbocycles. The van der Waals surface area contributed by atoms with Gasteiger partial charge in [0.05, 0.1) is 6.20 Å². The SMILES string of the molecule is CC1Cc2[nH]ncc2C1N. The van der Waals surface area contributed by atoms with E-state index < -0.39 is 0 Å². The minimum absolute atomic E-state index is 0.203. The minimum atomic E-state index is 0.203. The zero-order valence-electron chi connectivity index (χ0n) is 5.96. The predicted octanol–water partition coefficient (Wildman–Crippen LogP) is 0.602. The van der Waals surface area contributed by atoms with Crippen molar-refractivity contribution in [2.75, 3.05) is 0 Å². The molecule has 54 valence electrons. The molecule has 2 rings (SSSR count). The van der Waals surface area contributed by atoms with Gasteiger partial charge in [-0.2, -0.15) is 5.10 Å². The Kier molecular flexibility index (Phi) is 1.08. The van der Waals surface area contributed by atoms with Gasteiger partial charge in [-0.15, -0.1) is 0 Å². The zero-order valence-corrected chi connectivity index (χ0v) is 5.96. The molecule has 0 radical (unpaired) electrons. The van der Waals surface area contributed by atoms with Crippen LogP contribution in [0.1, 0.15) is 24.2 Å². The molecular formula is C7H11N3. The lowest BCUT2D eigenvalue weighted by molar-refractivity contribution is 0.507. The van der Waals surface area contributed by atoms with Gasteiger partial charge in [-0.05, 0) is 12.3 Å². The molecule has 2 atom stereocenters. The average molecular weight is 137 g/mol. The van der Waals surface area contributed by atoms with Crippen molar-refractivity contribution in [2.45, 2.75) is 19.4 Å². The Labute approximate surface area is 59.6 Å². The summed E-state index contributed by atoms with van der Waals surface area (Å²) in [4.78, 5) is 0. The Bertz CT molecular complexity index is 241. The average Bonchev–Trinajstić information content (AvgIpc) is 2.41. The summed E-state index contributed by atoms with van der Waals surface area (Å²) in [5, 5.41) is 6.87. The van der Waals surface area contributed by atoms with E-state index in [1.54, 1.807) is 0 Å². The van der Waals surface area contributed by atoms with Gasteiger partial charge in [0.2, 0.25) is 0 Å². The van der Waals surface area contributed by atoms with Crippen LogP contribution in [-0.4, -0.2) is 10.2 Å². The van der Waals surface area contributed by atoms with E-state index in [4.69, 9.17) is 5.73 Å². The third kappa shape index (κ3) is 0.609. The number of aromatic nitrogens is 2. The fourth-order valence-corrected chi connectivity index (χ4v) is 1.53. The summed E-state index contributed by atoms with van der Waals surface area (Å²) in [6.07, 6.45) is 2.89. The summed E-state index contributed by atoms with van der Waals surface area (Å²) in [5.41, 5.74) is 8.30.